The fourth-order valence-electron chi connectivity index (χ4n) is 3.89. The molecule has 0 spiro atoms. The molecular formula is C26H19F2N7O2. The molecule has 6 rings (SSSR count). The van der Waals surface area contributed by atoms with Crippen LogP contribution in [-0.4, -0.2) is 34.9 Å². The standard InChI is InChI=1S/C26H19F2N7O2/c1-15(25-29-9-10-30-25)36-17-7-5-16(6-8-17)21-11-18(37-34-21)13-35-14-23-22(12-31-35)32-26(33-23)19-3-2-4-20(27)24(19)28/h2-12,14-15H,13H2,1H3,(H,29,30). The van der Waals surface area contributed by atoms with Crippen LogP contribution in [0.5, 0.6) is 5.75 Å². The molecule has 1 unspecified atom stereocenters. The van der Waals surface area contributed by atoms with E-state index in [1.807, 2.05) is 37.3 Å². The van der Waals surface area contributed by atoms with Crippen molar-refractivity contribution in [1.82, 2.24) is 34.9 Å². The smallest absolute Gasteiger partial charge is 0.169 e. The number of hydrogen-bond donors (Lipinski definition) is 1. The SMILES string of the molecule is CC(Oc1ccc(-c2cc(Cn3cc4nc(-c5cccc(F)c5F)nc-4cn3)on2)cc1)c1ncc[nH]1. The molecule has 0 saturated carbocycles. The number of nitrogens with one attached hydrogen (secondary N) is 1. The molecule has 0 amide bonds. The lowest BCUT2D eigenvalue weighted by atomic mass is 10.1. The Kier molecular flexibility index (Phi) is 5.64. The lowest BCUT2D eigenvalue weighted by Crippen LogP contribution is -2.05. The topological polar surface area (TPSA) is 108 Å². The summed E-state index contributed by atoms with van der Waals surface area (Å²) in [5.41, 5.74) is 2.49. The molecule has 9 nitrogen and oxygen atoms in total. The number of fused-ring (bicyclic) bond motifs is 1. The Labute approximate surface area is 209 Å². The third-order valence-electron chi connectivity index (χ3n) is 5.75. The highest BCUT2D eigenvalue weighted by atomic mass is 19.2. The minimum absolute atomic E-state index is 0.00512. The first-order chi connectivity index (χ1) is 18.0. The van der Waals surface area contributed by atoms with Gasteiger partial charge in [-0.2, -0.15) is 5.10 Å². The van der Waals surface area contributed by atoms with E-state index >= 15 is 0 Å². The van der Waals surface area contributed by atoms with Crippen LogP contribution in [0.3, 0.4) is 0 Å². The molecule has 0 radical (unpaired) electrons. The number of imidazole rings is 2. The van der Waals surface area contributed by atoms with Crippen LogP contribution in [0.15, 0.2) is 77.8 Å². The van der Waals surface area contributed by atoms with Gasteiger partial charge in [-0.3, -0.25) is 4.68 Å². The van der Waals surface area contributed by atoms with Gasteiger partial charge in [0.15, 0.2) is 29.3 Å². The van der Waals surface area contributed by atoms with E-state index in [4.69, 9.17) is 9.26 Å². The quantitative estimate of drug-likeness (QED) is 0.318. The molecule has 2 aromatic carbocycles. The zero-order valence-corrected chi connectivity index (χ0v) is 19.5. The minimum atomic E-state index is -0.987. The number of ether oxygens (including phenoxy) is 1. The number of nitrogens with zero attached hydrogens (tertiary/aromatic N) is 6. The Morgan fingerprint density at radius 1 is 1.05 bits per heavy atom. The maximum absolute atomic E-state index is 14.2. The van der Waals surface area contributed by atoms with E-state index in [1.165, 1.54) is 18.3 Å². The first kappa shape index (κ1) is 22.5. The minimum Gasteiger partial charge on any atom is -0.483 e. The van der Waals surface area contributed by atoms with Crippen molar-refractivity contribution in [3.8, 4) is 39.8 Å². The Morgan fingerprint density at radius 3 is 2.70 bits per heavy atom. The highest BCUT2D eigenvalue weighted by Gasteiger charge is 2.18. The van der Waals surface area contributed by atoms with Gasteiger partial charge in [0.1, 0.15) is 35.2 Å². The lowest BCUT2D eigenvalue weighted by Gasteiger charge is -2.12. The molecular weight excluding hydrogens is 480 g/mol. The summed E-state index contributed by atoms with van der Waals surface area (Å²) in [6, 6.07) is 13.2. The van der Waals surface area contributed by atoms with Gasteiger partial charge in [0.2, 0.25) is 0 Å². The zero-order valence-electron chi connectivity index (χ0n) is 19.5. The van der Waals surface area contributed by atoms with Crippen molar-refractivity contribution in [3.05, 3.63) is 96.5 Å². The highest BCUT2D eigenvalue weighted by molar-refractivity contribution is 5.65. The average Bonchev–Trinajstić information content (AvgIpc) is 3.67. The second-order valence-electron chi connectivity index (χ2n) is 8.33. The molecule has 4 heterocycles. The molecule has 2 aliphatic rings. The number of H-pyrrole nitrogens is 1. The summed E-state index contributed by atoms with van der Waals surface area (Å²) in [4.78, 5) is 15.9. The fraction of sp³-hybridized carbons (Fsp3) is 0.115. The maximum atomic E-state index is 14.2. The number of benzene rings is 2. The molecule has 1 atom stereocenters. The van der Waals surface area contributed by atoms with E-state index in [0.717, 1.165) is 17.5 Å². The number of hydrogen-bond acceptors (Lipinski definition) is 7. The van der Waals surface area contributed by atoms with Crippen LogP contribution in [0.1, 0.15) is 24.6 Å². The van der Waals surface area contributed by atoms with Gasteiger partial charge in [-0.25, -0.2) is 23.7 Å². The van der Waals surface area contributed by atoms with Crippen LogP contribution in [0.4, 0.5) is 8.78 Å². The average molecular weight is 499 g/mol. The fourth-order valence-corrected chi connectivity index (χ4v) is 3.89. The number of aromatic amines is 1. The lowest BCUT2D eigenvalue weighted by molar-refractivity contribution is 0.217. The van der Waals surface area contributed by atoms with E-state index in [0.29, 0.717) is 35.1 Å². The second kappa shape index (κ2) is 9.26. The summed E-state index contributed by atoms with van der Waals surface area (Å²) in [5, 5.41) is 8.49. The van der Waals surface area contributed by atoms with Gasteiger partial charge in [-0.15, -0.1) is 0 Å². The van der Waals surface area contributed by atoms with Crippen LogP contribution in [0.2, 0.25) is 0 Å². The van der Waals surface area contributed by atoms with Crippen molar-refractivity contribution in [3.63, 3.8) is 0 Å². The summed E-state index contributed by atoms with van der Waals surface area (Å²) in [6.07, 6.45) is 6.41. The predicted octanol–water partition coefficient (Wildman–Crippen LogP) is 5.29. The van der Waals surface area contributed by atoms with Crippen LogP contribution < -0.4 is 4.74 Å². The predicted molar refractivity (Wildman–Crippen MR) is 128 cm³/mol. The van der Waals surface area contributed by atoms with E-state index in [9.17, 15) is 8.78 Å². The third kappa shape index (κ3) is 4.54. The third-order valence-corrected chi connectivity index (χ3v) is 5.75. The van der Waals surface area contributed by atoms with Gasteiger partial charge in [0, 0.05) is 24.0 Å². The monoisotopic (exact) mass is 499 g/mol. The molecule has 4 aromatic rings. The van der Waals surface area contributed by atoms with Crippen molar-refractivity contribution in [2.45, 2.75) is 19.6 Å². The zero-order chi connectivity index (χ0) is 25.4. The normalized spacial score (nSPS) is 12.2. The van der Waals surface area contributed by atoms with Crippen LogP contribution >= 0.6 is 0 Å². The van der Waals surface area contributed by atoms with Crippen LogP contribution in [-0.2, 0) is 6.54 Å². The first-order valence-corrected chi connectivity index (χ1v) is 11.4. The largest absolute Gasteiger partial charge is 0.483 e. The van der Waals surface area contributed by atoms with Gasteiger partial charge in [0.05, 0.1) is 18.0 Å². The summed E-state index contributed by atoms with van der Waals surface area (Å²) < 4.78 is 40.8. The van der Waals surface area contributed by atoms with E-state index in [-0.39, 0.29) is 17.5 Å². The summed E-state index contributed by atoms with van der Waals surface area (Å²) in [7, 11) is 0. The summed E-state index contributed by atoms with van der Waals surface area (Å²) in [6.45, 7) is 2.21. The van der Waals surface area contributed by atoms with Gasteiger partial charge in [-0.05, 0) is 43.3 Å². The number of halogens is 2. The Balaban J connectivity index is 1.16. The molecule has 1 N–H and O–H groups in total. The van der Waals surface area contributed by atoms with Crippen molar-refractivity contribution in [1.29, 1.82) is 0 Å². The van der Waals surface area contributed by atoms with Crippen molar-refractivity contribution in [2.24, 2.45) is 0 Å². The van der Waals surface area contributed by atoms with Crippen LogP contribution in [0.25, 0.3) is 34.0 Å². The highest BCUT2D eigenvalue weighted by Crippen LogP contribution is 2.28. The van der Waals surface area contributed by atoms with Gasteiger partial charge >= 0.3 is 0 Å². The van der Waals surface area contributed by atoms with E-state index in [1.54, 1.807) is 23.3 Å². The Morgan fingerprint density at radius 2 is 1.89 bits per heavy atom. The van der Waals surface area contributed by atoms with Crippen molar-refractivity contribution >= 4 is 0 Å². The van der Waals surface area contributed by atoms with Crippen LogP contribution in [0, 0.1) is 11.6 Å². The first-order valence-electron chi connectivity index (χ1n) is 11.4. The summed E-state index contributed by atoms with van der Waals surface area (Å²) >= 11 is 0. The molecule has 0 saturated heterocycles. The maximum Gasteiger partial charge on any atom is 0.169 e. The van der Waals surface area contributed by atoms with Crippen molar-refractivity contribution in [2.75, 3.05) is 0 Å². The van der Waals surface area contributed by atoms with E-state index in [2.05, 4.69) is 30.2 Å². The summed E-state index contributed by atoms with van der Waals surface area (Å²) in [5.74, 6) is 0.192. The second-order valence-corrected chi connectivity index (χ2v) is 8.33. The molecule has 0 bridgehead atoms. The molecule has 2 aliphatic heterocycles. The molecule has 184 valence electrons. The molecule has 37 heavy (non-hydrogen) atoms. The van der Waals surface area contributed by atoms with Gasteiger partial charge in [0.25, 0.3) is 0 Å². The van der Waals surface area contributed by atoms with Gasteiger partial charge in [-0.1, -0.05) is 11.2 Å². The molecule has 0 fully saturated rings. The Bertz CT molecular complexity index is 1630. The van der Waals surface area contributed by atoms with Crippen molar-refractivity contribution < 1.29 is 18.0 Å². The molecule has 2 aromatic heterocycles. The van der Waals surface area contributed by atoms with E-state index < -0.39 is 11.6 Å². The Hall–Kier alpha value is -4.93. The molecule has 11 heteroatoms. The molecule has 0 aliphatic carbocycles. The number of rotatable bonds is 7. The number of aromatic nitrogens is 7. The van der Waals surface area contributed by atoms with Gasteiger partial charge < -0.3 is 14.2 Å².